The van der Waals surface area contributed by atoms with Crippen molar-refractivity contribution in [1.29, 1.82) is 0 Å². The van der Waals surface area contributed by atoms with Crippen molar-refractivity contribution in [1.82, 2.24) is 20.2 Å². The molecule has 2 aromatic rings. The second-order valence-corrected chi connectivity index (χ2v) is 5.76. The zero-order valence-electron chi connectivity index (χ0n) is 12.4. The molecule has 21 heavy (non-hydrogen) atoms. The number of carbonyl (C=O) groups excluding carboxylic acids is 1. The monoisotopic (exact) mass is 305 g/mol. The van der Waals surface area contributed by atoms with E-state index in [9.17, 15) is 4.79 Å². The summed E-state index contributed by atoms with van der Waals surface area (Å²) in [5.41, 5.74) is 2.05. The number of amides is 1. The molecular formula is C14H19N5OS. The van der Waals surface area contributed by atoms with Crippen LogP contribution in [0.1, 0.15) is 31.7 Å². The standard InChI is InChI=1S/C14H19N5OS/c1-4-10(2)11-7-5-6-8-12(11)15-13(20)9-21-14-16-17-18-19(14)3/h5-8,10H,4,9H2,1-3H3,(H,15,20)/t10-/m1/s1. The van der Waals surface area contributed by atoms with Crippen LogP contribution in [0.15, 0.2) is 29.4 Å². The van der Waals surface area contributed by atoms with Gasteiger partial charge in [0.1, 0.15) is 0 Å². The quantitative estimate of drug-likeness (QED) is 0.830. The van der Waals surface area contributed by atoms with Crippen molar-refractivity contribution in [2.24, 2.45) is 7.05 Å². The largest absolute Gasteiger partial charge is 0.325 e. The Kier molecular flexibility index (Phi) is 5.32. The average molecular weight is 305 g/mol. The molecule has 1 amide bonds. The third-order valence-electron chi connectivity index (χ3n) is 3.29. The summed E-state index contributed by atoms with van der Waals surface area (Å²) >= 11 is 1.32. The Morgan fingerprint density at radius 3 is 2.86 bits per heavy atom. The highest BCUT2D eigenvalue weighted by molar-refractivity contribution is 7.99. The Morgan fingerprint density at radius 1 is 1.43 bits per heavy atom. The number of aryl methyl sites for hydroxylation is 1. The van der Waals surface area contributed by atoms with Crippen LogP contribution in [-0.4, -0.2) is 31.9 Å². The van der Waals surface area contributed by atoms with Crippen molar-refractivity contribution in [3.05, 3.63) is 29.8 Å². The molecule has 1 aromatic heterocycles. The molecule has 1 heterocycles. The number of aromatic nitrogens is 4. The van der Waals surface area contributed by atoms with Gasteiger partial charge in [0.05, 0.1) is 5.75 Å². The van der Waals surface area contributed by atoms with E-state index in [2.05, 4.69) is 40.8 Å². The zero-order chi connectivity index (χ0) is 15.2. The number of benzene rings is 1. The number of carbonyl (C=O) groups is 1. The smallest absolute Gasteiger partial charge is 0.234 e. The van der Waals surface area contributed by atoms with E-state index < -0.39 is 0 Å². The summed E-state index contributed by atoms with van der Waals surface area (Å²) in [7, 11) is 1.75. The zero-order valence-corrected chi connectivity index (χ0v) is 13.2. The third kappa shape index (κ3) is 4.04. The Morgan fingerprint density at radius 2 is 2.19 bits per heavy atom. The first-order chi connectivity index (χ1) is 10.1. The van der Waals surface area contributed by atoms with Gasteiger partial charge in [-0.3, -0.25) is 4.79 Å². The number of nitrogens with zero attached hydrogens (tertiary/aromatic N) is 4. The molecule has 0 bridgehead atoms. The second-order valence-electron chi connectivity index (χ2n) is 4.82. The van der Waals surface area contributed by atoms with E-state index in [1.807, 2.05) is 18.2 Å². The summed E-state index contributed by atoms with van der Waals surface area (Å²) < 4.78 is 1.55. The number of tetrazole rings is 1. The molecule has 0 aliphatic heterocycles. The van der Waals surface area contributed by atoms with Gasteiger partial charge < -0.3 is 5.32 Å². The number of hydrogen-bond acceptors (Lipinski definition) is 5. The molecule has 0 radical (unpaired) electrons. The summed E-state index contributed by atoms with van der Waals surface area (Å²) in [5.74, 6) is 0.638. The number of rotatable bonds is 6. The molecule has 0 saturated heterocycles. The van der Waals surface area contributed by atoms with E-state index in [1.54, 1.807) is 11.7 Å². The maximum atomic E-state index is 12.1. The topological polar surface area (TPSA) is 72.7 Å². The fourth-order valence-electron chi connectivity index (χ4n) is 1.92. The predicted molar refractivity (Wildman–Crippen MR) is 83.3 cm³/mol. The van der Waals surface area contributed by atoms with Crippen LogP contribution in [-0.2, 0) is 11.8 Å². The van der Waals surface area contributed by atoms with Crippen molar-refractivity contribution in [3.8, 4) is 0 Å². The summed E-state index contributed by atoms with van der Waals surface area (Å²) in [4.78, 5) is 12.1. The molecule has 0 saturated carbocycles. The Hall–Kier alpha value is -1.89. The molecule has 7 heteroatoms. The summed E-state index contributed by atoms with van der Waals surface area (Å²) in [6.07, 6.45) is 1.03. The van der Waals surface area contributed by atoms with Crippen LogP contribution >= 0.6 is 11.8 Å². The van der Waals surface area contributed by atoms with Crippen LogP contribution in [0.4, 0.5) is 5.69 Å². The molecule has 1 atom stereocenters. The minimum atomic E-state index is -0.0567. The Bertz CT molecular complexity index is 613. The lowest BCUT2D eigenvalue weighted by Crippen LogP contribution is -2.16. The first kappa shape index (κ1) is 15.5. The highest BCUT2D eigenvalue weighted by atomic mass is 32.2. The minimum Gasteiger partial charge on any atom is -0.325 e. The van der Waals surface area contributed by atoms with E-state index >= 15 is 0 Å². The minimum absolute atomic E-state index is 0.0567. The number of hydrogen-bond donors (Lipinski definition) is 1. The van der Waals surface area contributed by atoms with Crippen LogP contribution in [0, 0.1) is 0 Å². The van der Waals surface area contributed by atoms with Gasteiger partial charge in [0.15, 0.2) is 0 Å². The van der Waals surface area contributed by atoms with Crippen molar-refractivity contribution in [2.45, 2.75) is 31.3 Å². The van der Waals surface area contributed by atoms with Crippen molar-refractivity contribution < 1.29 is 4.79 Å². The molecule has 0 aliphatic rings. The first-order valence-corrected chi connectivity index (χ1v) is 7.84. The van der Waals surface area contributed by atoms with E-state index in [-0.39, 0.29) is 11.7 Å². The molecule has 0 fully saturated rings. The number of para-hydroxylation sites is 1. The van der Waals surface area contributed by atoms with Crippen molar-refractivity contribution in [3.63, 3.8) is 0 Å². The van der Waals surface area contributed by atoms with Crippen LogP contribution < -0.4 is 5.32 Å². The van der Waals surface area contributed by atoms with Gasteiger partial charge in [-0.25, -0.2) is 4.68 Å². The molecule has 0 unspecified atom stereocenters. The van der Waals surface area contributed by atoms with Gasteiger partial charge in [-0.2, -0.15) is 0 Å². The maximum Gasteiger partial charge on any atom is 0.234 e. The Balaban J connectivity index is 1.98. The molecule has 0 aliphatic carbocycles. The van der Waals surface area contributed by atoms with E-state index in [1.165, 1.54) is 17.3 Å². The van der Waals surface area contributed by atoms with E-state index in [4.69, 9.17) is 0 Å². The van der Waals surface area contributed by atoms with Gasteiger partial charge in [0.2, 0.25) is 11.1 Å². The fraction of sp³-hybridized carbons (Fsp3) is 0.429. The van der Waals surface area contributed by atoms with Gasteiger partial charge in [-0.1, -0.05) is 43.8 Å². The van der Waals surface area contributed by atoms with E-state index in [0.717, 1.165) is 12.1 Å². The molecule has 1 N–H and O–H groups in total. The fourth-order valence-corrected chi connectivity index (χ4v) is 2.57. The molecule has 0 spiro atoms. The molecule has 2 rings (SSSR count). The van der Waals surface area contributed by atoms with E-state index in [0.29, 0.717) is 11.1 Å². The van der Waals surface area contributed by atoms with Crippen LogP contribution in [0.5, 0.6) is 0 Å². The third-order valence-corrected chi connectivity index (χ3v) is 4.30. The van der Waals surface area contributed by atoms with Crippen molar-refractivity contribution >= 4 is 23.4 Å². The van der Waals surface area contributed by atoms with Crippen molar-refractivity contribution in [2.75, 3.05) is 11.1 Å². The SMILES string of the molecule is CC[C@@H](C)c1ccccc1NC(=O)CSc1nnnn1C. The molecule has 6 nitrogen and oxygen atoms in total. The average Bonchev–Trinajstić information content (AvgIpc) is 2.90. The van der Waals surface area contributed by atoms with Crippen LogP contribution in [0.25, 0.3) is 0 Å². The van der Waals surface area contributed by atoms with Gasteiger partial charge in [-0.05, 0) is 34.4 Å². The molecular weight excluding hydrogens is 286 g/mol. The van der Waals surface area contributed by atoms with Gasteiger partial charge in [0.25, 0.3) is 0 Å². The van der Waals surface area contributed by atoms with Crippen LogP contribution in [0.2, 0.25) is 0 Å². The normalized spacial score (nSPS) is 12.1. The van der Waals surface area contributed by atoms with Crippen LogP contribution in [0.3, 0.4) is 0 Å². The Labute approximate surface area is 128 Å². The molecule has 112 valence electrons. The van der Waals surface area contributed by atoms with Gasteiger partial charge in [-0.15, -0.1) is 5.10 Å². The predicted octanol–water partition coefficient (Wildman–Crippen LogP) is 2.45. The summed E-state index contributed by atoms with van der Waals surface area (Å²) in [5, 5.41) is 14.7. The number of anilines is 1. The lowest BCUT2D eigenvalue weighted by molar-refractivity contribution is -0.113. The lowest BCUT2D eigenvalue weighted by atomic mass is 9.97. The summed E-state index contributed by atoms with van der Waals surface area (Å²) in [6, 6.07) is 7.93. The summed E-state index contributed by atoms with van der Waals surface area (Å²) in [6.45, 7) is 4.30. The number of thioether (sulfide) groups is 1. The highest BCUT2D eigenvalue weighted by Crippen LogP contribution is 2.26. The van der Waals surface area contributed by atoms with Gasteiger partial charge in [0, 0.05) is 12.7 Å². The highest BCUT2D eigenvalue weighted by Gasteiger charge is 2.12. The number of nitrogens with one attached hydrogen (secondary N) is 1. The second kappa shape index (κ2) is 7.21. The molecule has 1 aromatic carbocycles. The maximum absolute atomic E-state index is 12.1. The van der Waals surface area contributed by atoms with Gasteiger partial charge >= 0.3 is 0 Å². The lowest BCUT2D eigenvalue weighted by Gasteiger charge is -2.15. The first-order valence-electron chi connectivity index (χ1n) is 6.85.